The van der Waals surface area contributed by atoms with Crippen LogP contribution in [-0.2, 0) is 10.0 Å². The molecule has 11 heteroatoms. The van der Waals surface area contributed by atoms with Crippen LogP contribution in [-0.4, -0.2) is 78.1 Å². The molecule has 1 saturated heterocycles. The number of nitrogens with zero attached hydrogens (tertiary/aromatic N) is 6. The number of methoxy groups -OCH3 is 1. The summed E-state index contributed by atoms with van der Waals surface area (Å²) >= 11 is 0. The van der Waals surface area contributed by atoms with Crippen molar-refractivity contribution in [3.05, 3.63) is 55.1 Å². The molecule has 0 N–H and O–H groups in total. The maximum absolute atomic E-state index is 12.7. The molecule has 0 spiro atoms. The van der Waals surface area contributed by atoms with E-state index < -0.39 is 10.0 Å². The van der Waals surface area contributed by atoms with E-state index in [0.717, 1.165) is 11.6 Å². The maximum atomic E-state index is 12.7. The van der Waals surface area contributed by atoms with Gasteiger partial charge in [0.1, 0.15) is 24.4 Å². The number of ether oxygens (including phenoxy) is 2. The maximum Gasteiger partial charge on any atom is 0.217 e. The van der Waals surface area contributed by atoms with Crippen LogP contribution in [0.3, 0.4) is 0 Å². The van der Waals surface area contributed by atoms with Crippen LogP contribution in [0.2, 0.25) is 0 Å². The third kappa shape index (κ3) is 5.12. The van der Waals surface area contributed by atoms with E-state index in [9.17, 15) is 8.42 Å². The molecule has 0 amide bonds. The zero-order valence-electron chi connectivity index (χ0n) is 17.2. The molecule has 0 atom stereocenters. The highest BCUT2D eigenvalue weighted by Crippen LogP contribution is 2.18. The van der Waals surface area contributed by atoms with E-state index in [1.54, 1.807) is 54.7 Å². The van der Waals surface area contributed by atoms with Gasteiger partial charge in [0, 0.05) is 38.6 Å². The minimum atomic E-state index is -3.40. The second-order valence-electron chi connectivity index (χ2n) is 6.95. The summed E-state index contributed by atoms with van der Waals surface area (Å²) in [4.78, 5) is 6.03. The molecule has 1 aliphatic rings. The Morgan fingerprint density at radius 1 is 0.935 bits per heavy atom. The Bertz CT molecular complexity index is 1060. The molecule has 0 aliphatic carbocycles. The van der Waals surface area contributed by atoms with Crippen LogP contribution in [0, 0.1) is 0 Å². The van der Waals surface area contributed by atoms with Crippen molar-refractivity contribution in [3.8, 4) is 17.3 Å². The van der Waals surface area contributed by atoms with E-state index >= 15 is 0 Å². The second-order valence-corrected chi connectivity index (χ2v) is 9.03. The molecular formula is C20H24N6O4S. The van der Waals surface area contributed by atoms with Crippen molar-refractivity contribution >= 4 is 15.8 Å². The lowest BCUT2D eigenvalue weighted by molar-refractivity contribution is 0.330. The van der Waals surface area contributed by atoms with Gasteiger partial charge in [0.05, 0.1) is 12.9 Å². The Balaban J connectivity index is 1.27. The Hall–Kier alpha value is -3.18. The van der Waals surface area contributed by atoms with Gasteiger partial charge < -0.3 is 14.4 Å². The molecular weight excluding hydrogens is 420 g/mol. The number of rotatable bonds is 8. The largest absolute Gasteiger partial charge is 0.497 e. The number of anilines is 1. The monoisotopic (exact) mass is 444 g/mol. The van der Waals surface area contributed by atoms with Crippen molar-refractivity contribution in [1.82, 2.24) is 24.1 Å². The fraction of sp³-hybridized carbons (Fsp3) is 0.350. The Morgan fingerprint density at radius 2 is 1.61 bits per heavy atom. The molecule has 1 aliphatic heterocycles. The van der Waals surface area contributed by atoms with Crippen LogP contribution in [0.25, 0.3) is 5.82 Å². The van der Waals surface area contributed by atoms with Gasteiger partial charge in [-0.1, -0.05) is 0 Å². The predicted octanol–water partition coefficient (Wildman–Crippen LogP) is 1.20. The molecule has 2 aromatic heterocycles. The summed E-state index contributed by atoms with van der Waals surface area (Å²) in [6, 6.07) is 10.8. The van der Waals surface area contributed by atoms with Crippen LogP contribution in [0.5, 0.6) is 11.5 Å². The van der Waals surface area contributed by atoms with E-state index in [4.69, 9.17) is 9.47 Å². The zero-order valence-corrected chi connectivity index (χ0v) is 18.0. The highest BCUT2D eigenvalue weighted by Gasteiger charge is 2.27. The highest BCUT2D eigenvalue weighted by molar-refractivity contribution is 7.89. The average Bonchev–Trinajstić information content (AvgIpc) is 3.35. The quantitative estimate of drug-likeness (QED) is 0.511. The minimum Gasteiger partial charge on any atom is -0.497 e. The van der Waals surface area contributed by atoms with Crippen molar-refractivity contribution in [2.75, 3.05) is 50.5 Å². The van der Waals surface area contributed by atoms with E-state index in [1.165, 1.54) is 4.31 Å². The number of hydrogen-bond donors (Lipinski definition) is 0. The molecule has 0 unspecified atom stereocenters. The molecule has 1 aromatic carbocycles. The average molecular weight is 445 g/mol. The first-order chi connectivity index (χ1) is 15.0. The van der Waals surface area contributed by atoms with Gasteiger partial charge in [-0.25, -0.2) is 13.4 Å². The standard InChI is InChI=1S/C20H24N6O4S/c1-29-17-2-4-18(5-3-17)30-14-15-31(27,28)26-12-10-24(11-13-26)19-6-7-20(23-22-19)25-9-8-21-16-25/h2-9,16H,10-15H2,1H3. The first-order valence-electron chi connectivity index (χ1n) is 9.87. The second kappa shape index (κ2) is 9.31. The Kier molecular flexibility index (Phi) is 6.33. The minimum absolute atomic E-state index is 0.0710. The summed E-state index contributed by atoms with van der Waals surface area (Å²) in [6.45, 7) is 2.00. The summed E-state index contributed by atoms with van der Waals surface area (Å²) in [5.41, 5.74) is 0. The van der Waals surface area contributed by atoms with Crippen molar-refractivity contribution in [2.45, 2.75) is 0 Å². The normalized spacial score (nSPS) is 15.1. The summed E-state index contributed by atoms with van der Waals surface area (Å²) in [7, 11) is -1.81. The highest BCUT2D eigenvalue weighted by atomic mass is 32.2. The van der Waals surface area contributed by atoms with Gasteiger partial charge in [-0.15, -0.1) is 10.2 Å². The molecule has 0 bridgehead atoms. The van der Waals surface area contributed by atoms with Gasteiger partial charge in [0.25, 0.3) is 0 Å². The molecule has 31 heavy (non-hydrogen) atoms. The topological polar surface area (TPSA) is 103 Å². The molecule has 164 valence electrons. The van der Waals surface area contributed by atoms with Gasteiger partial charge in [-0.2, -0.15) is 4.31 Å². The number of piperazine rings is 1. The lowest BCUT2D eigenvalue weighted by Gasteiger charge is -2.34. The molecule has 0 saturated carbocycles. The Morgan fingerprint density at radius 3 is 2.23 bits per heavy atom. The molecule has 10 nitrogen and oxygen atoms in total. The van der Waals surface area contributed by atoms with E-state index in [1.807, 2.05) is 17.0 Å². The van der Waals surface area contributed by atoms with Crippen LogP contribution in [0.1, 0.15) is 0 Å². The van der Waals surface area contributed by atoms with E-state index in [-0.39, 0.29) is 12.4 Å². The van der Waals surface area contributed by atoms with E-state index in [2.05, 4.69) is 15.2 Å². The molecule has 4 rings (SSSR count). The van der Waals surface area contributed by atoms with Gasteiger partial charge in [0.15, 0.2) is 11.6 Å². The van der Waals surface area contributed by atoms with Crippen LogP contribution < -0.4 is 14.4 Å². The number of hydrogen-bond acceptors (Lipinski definition) is 8. The number of sulfonamides is 1. The van der Waals surface area contributed by atoms with Crippen molar-refractivity contribution < 1.29 is 17.9 Å². The summed E-state index contributed by atoms with van der Waals surface area (Å²) in [6.07, 6.45) is 5.13. The van der Waals surface area contributed by atoms with Crippen LogP contribution in [0.4, 0.5) is 5.82 Å². The van der Waals surface area contributed by atoms with Crippen LogP contribution >= 0.6 is 0 Å². The molecule has 3 aromatic rings. The Labute approximate surface area is 181 Å². The zero-order chi connectivity index (χ0) is 21.7. The molecule has 0 radical (unpaired) electrons. The van der Waals surface area contributed by atoms with Crippen molar-refractivity contribution in [1.29, 1.82) is 0 Å². The lowest BCUT2D eigenvalue weighted by Crippen LogP contribution is -2.50. The fourth-order valence-corrected chi connectivity index (χ4v) is 4.55. The number of benzene rings is 1. The van der Waals surface area contributed by atoms with Gasteiger partial charge in [-0.3, -0.25) is 4.57 Å². The first kappa shape index (κ1) is 21.1. The third-order valence-electron chi connectivity index (χ3n) is 5.03. The van der Waals surface area contributed by atoms with E-state index in [0.29, 0.717) is 37.7 Å². The summed E-state index contributed by atoms with van der Waals surface area (Å²) in [5, 5.41) is 8.49. The number of imidazole rings is 1. The SMILES string of the molecule is COc1ccc(OCCS(=O)(=O)N2CCN(c3ccc(-n4ccnc4)nn3)CC2)cc1. The van der Waals surface area contributed by atoms with Gasteiger partial charge in [-0.05, 0) is 36.4 Å². The fourth-order valence-electron chi connectivity index (χ4n) is 3.28. The van der Waals surface area contributed by atoms with Gasteiger partial charge >= 0.3 is 0 Å². The molecule has 3 heterocycles. The van der Waals surface area contributed by atoms with Crippen molar-refractivity contribution in [3.63, 3.8) is 0 Å². The lowest BCUT2D eigenvalue weighted by atomic mass is 10.3. The predicted molar refractivity (Wildman–Crippen MR) is 115 cm³/mol. The van der Waals surface area contributed by atoms with Gasteiger partial charge in [0.2, 0.25) is 10.0 Å². The van der Waals surface area contributed by atoms with Crippen LogP contribution in [0.15, 0.2) is 55.1 Å². The third-order valence-corrected chi connectivity index (χ3v) is 6.87. The first-order valence-corrected chi connectivity index (χ1v) is 11.5. The number of aromatic nitrogens is 4. The summed E-state index contributed by atoms with van der Waals surface area (Å²) in [5.74, 6) is 2.67. The summed E-state index contributed by atoms with van der Waals surface area (Å²) < 4.78 is 39.3. The smallest absolute Gasteiger partial charge is 0.217 e. The van der Waals surface area contributed by atoms with Crippen molar-refractivity contribution in [2.24, 2.45) is 0 Å². The molecule has 1 fully saturated rings.